The summed E-state index contributed by atoms with van der Waals surface area (Å²) in [6.07, 6.45) is 1.83. The summed E-state index contributed by atoms with van der Waals surface area (Å²) in [6.45, 7) is 0.587. The fourth-order valence-electron chi connectivity index (χ4n) is 2.12. The number of carbonyl (C=O) groups is 1. The molecule has 3 rings (SSSR count). The summed E-state index contributed by atoms with van der Waals surface area (Å²) in [5.41, 5.74) is 1.64. The lowest BCUT2D eigenvalue weighted by Crippen LogP contribution is -2.13. The summed E-state index contributed by atoms with van der Waals surface area (Å²) in [6, 6.07) is 14.7. The van der Waals surface area contributed by atoms with Gasteiger partial charge in [-0.3, -0.25) is 9.48 Å². The molecule has 0 aliphatic heterocycles. The van der Waals surface area contributed by atoms with Gasteiger partial charge in [-0.2, -0.15) is 5.10 Å². The van der Waals surface area contributed by atoms with E-state index in [1.54, 1.807) is 16.8 Å². The van der Waals surface area contributed by atoms with Crippen LogP contribution in [0.25, 0.3) is 0 Å². The first-order valence-electron chi connectivity index (χ1n) is 7.05. The van der Waals surface area contributed by atoms with E-state index in [0.717, 1.165) is 14.5 Å². The van der Waals surface area contributed by atoms with E-state index in [1.807, 2.05) is 42.6 Å². The van der Waals surface area contributed by atoms with Crippen LogP contribution in [0.5, 0.6) is 0 Å². The second-order valence-electron chi connectivity index (χ2n) is 5.11. The number of nitrogens with zero attached hydrogens (tertiary/aromatic N) is 2. The third kappa shape index (κ3) is 4.26. The molecule has 3 aromatic rings. The number of amides is 1. The maximum atomic E-state index is 12.3. The van der Waals surface area contributed by atoms with Crippen LogP contribution in [-0.2, 0) is 6.54 Å². The van der Waals surface area contributed by atoms with Crippen molar-refractivity contribution >= 4 is 55.2 Å². The largest absolute Gasteiger partial charge is 0.304 e. The average Bonchev–Trinajstić information content (AvgIpc) is 2.89. The Kier molecular flexibility index (Phi) is 5.38. The second kappa shape index (κ2) is 7.51. The maximum Gasteiger partial charge on any atom is 0.256 e. The number of rotatable bonds is 4. The quantitative estimate of drug-likeness (QED) is 0.559. The van der Waals surface area contributed by atoms with E-state index in [2.05, 4.69) is 42.3 Å². The molecule has 0 aliphatic rings. The maximum absolute atomic E-state index is 12.3. The first-order chi connectivity index (χ1) is 11.5. The number of benzene rings is 2. The lowest BCUT2D eigenvalue weighted by atomic mass is 10.2. The van der Waals surface area contributed by atoms with Crippen molar-refractivity contribution in [1.82, 2.24) is 9.78 Å². The van der Waals surface area contributed by atoms with Crippen molar-refractivity contribution in [3.63, 3.8) is 0 Å². The highest BCUT2D eigenvalue weighted by atomic mass is 79.9. The molecule has 1 aromatic heterocycles. The predicted molar refractivity (Wildman–Crippen MR) is 103 cm³/mol. The van der Waals surface area contributed by atoms with Gasteiger partial charge in [0.2, 0.25) is 0 Å². The number of carbonyl (C=O) groups excluding carboxylic acids is 1. The molecule has 2 aromatic carbocycles. The minimum Gasteiger partial charge on any atom is -0.304 e. The molecule has 0 unspecified atom stereocenters. The van der Waals surface area contributed by atoms with Crippen LogP contribution in [0, 0.1) is 0 Å². The van der Waals surface area contributed by atoms with E-state index < -0.39 is 0 Å². The smallest absolute Gasteiger partial charge is 0.256 e. The SMILES string of the molecule is O=C(Nc1nn(Cc2ccc(Cl)cc2)cc1Br)c1ccc(Br)cc1. The van der Waals surface area contributed by atoms with Crippen molar-refractivity contribution in [2.75, 3.05) is 5.32 Å². The molecule has 122 valence electrons. The molecule has 0 saturated carbocycles. The molecule has 1 N–H and O–H groups in total. The van der Waals surface area contributed by atoms with E-state index in [9.17, 15) is 4.79 Å². The van der Waals surface area contributed by atoms with Gasteiger partial charge in [0.25, 0.3) is 5.91 Å². The third-order valence-corrected chi connectivity index (χ3v) is 4.67. The van der Waals surface area contributed by atoms with Crippen molar-refractivity contribution in [2.45, 2.75) is 6.54 Å². The summed E-state index contributed by atoms with van der Waals surface area (Å²) in [5, 5.41) is 7.91. The molecule has 0 aliphatic carbocycles. The summed E-state index contributed by atoms with van der Waals surface area (Å²) in [7, 11) is 0. The van der Waals surface area contributed by atoms with E-state index >= 15 is 0 Å². The monoisotopic (exact) mass is 467 g/mol. The van der Waals surface area contributed by atoms with Crippen molar-refractivity contribution < 1.29 is 4.79 Å². The fraction of sp³-hybridized carbons (Fsp3) is 0.0588. The number of nitrogens with one attached hydrogen (secondary N) is 1. The van der Waals surface area contributed by atoms with Gasteiger partial charge in [-0.15, -0.1) is 0 Å². The third-order valence-electron chi connectivity index (χ3n) is 3.31. The normalized spacial score (nSPS) is 10.6. The topological polar surface area (TPSA) is 46.9 Å². The fourth-order valence-corrected chi connectivity index (χ4v) is 2.93. The number of anilines is 1. The molecule has 0 radical (unpaired) electrons. The van der Waals surface area contributed by atoms with Gasteiger partial charge in [-0.25, -0.2) is 0 Å². The Balaban J connectivity index is 1.72. The van der Waals surface area contributed by atoms with Crippen LogP contribution in [0.15, 0.2) is 63.7 Å². The highest BCUT2D eigenvalue weighted by Gasteiger charge is 2.12. The van der Waals surface area contributed by atoms with Crippen LogP contribution in [0.3, 0.4) is 0 Å². The number of halogens is 3. The molecule has 0 fully saturated rings. The Hall–Kier alpha value is -1.63. The van der Waals surface area contributed by atoms with E-state index in [4.69, 9.17) is 11.6 Å². The van der Waals surface area contributed by atoms with Gasteiger partial charge in [0.1, 0.15) is 0 Å². The highest BCUT2D eigenvalue weighted by Crippen LogP contribution is 2.22. The lowest BCUT2D eigenvalue weighted by molar-refractivity contribution is 0.102. The van der Waals surface area contributed by atoms with Crippen LogP contribution in [0.4, 0.5) is 5.82 Å². The molecule has 4 nitrogen and oxygen atoms in total. The van der Waals surface area contributed by atoms with Gasteiger partial charge in [0, 0.05) is 21.3 Å². The van der Waals surface area contributed by atoms with Crippen molar-refractivity contribution in [3.8, 4) is 0 Å². The minimum absolute atomic E-state index is 0.208. The molecule has 1 amide bonds. The zero-order valence-electron chi connectivity index (χ0n) is 12.3. The van der Waals surface area contributed by atoms with Gasteiger partial charge in [0.15, 0.2) is 5.82 Å². The number of aromatic nitrogens is 2. The molecule has 1 heterocycles. The van der Waals surface area contributed by atoms with Crippen molar-refractivity contribution in [2.24, 2.45) is 0 Å². The molecule has 0 spiro atoms. The molecular weight excluding hydrogens is 457 g/mol. The van der Waals surface area contributed by atoms with Gasteiger partial charge in [-0.1, -0.05) is 39.7 Å². The first-order valence-corrected chi connectivity index (χ1v) is 9.02. The molecule has 0 atom stereocenters. The molecule has 7 heteroatoms. The molecule has 0 saturated heterocycles. The van der Waals surface area contributed by atoms with Crippen LogP contribution >= 0.6 is 43.5 Å². The Bertz CT molecular complexity index is 861. The molecule has 0 bridgehead atoms. The summed E-state index contributed by atoms with van der Waals surface area (Å²) in [4.78, 5) is 12.3. The van der Waals surface area contributed by atoms with E-state index in [0.29, 0.717) is 22.9 Å². The Morgan fingerprint density at radius 1 is 1.08 bits per heavy atom. The minimum atomic E-state index is -0.208. The molecule has 24 heavy (non-hydrogen) atoms. The van der Waals surface area contributed by atoms with Crippen molar-refractivity contribution in [1.29, 1.82) is 0 Å². The summed E-state index contributed by atoms with van der Waals surface area (Å²) < 4.78 is 3.40. The van der Waals surface area contributed by atoms with E-state index in [-0.39, 0.29) is 5.91 Å². The summed E-state index contributed by atoms with van der Waals surface area (Å²) in [5.74, 6) is 0.275. The standard InChI is InChI=1S/C17H12Br2ClN3O/c18-13-5-3-12(4-6-13)17(24)21-16-15(19)10-23(22-16)9-11-1-7-14(20)8-2-11/h1-8,10H,9H2,(H,21,22,24). The van der Waals surface area contributed by atoms with Crippen LogP contribution in [-0.4, -0.2) is 15.7 Å². The second-order valence-corrected chi connectivity index (χ2v) is 7.32. The van der Waals surface area contributed by atoms with Crippen LogP contribution < -0.4 is 5.32 Å². The van der Waals surface area contributed by atoms with Crippen LogP contribution in [0.2, 0.25) is 5.02 Å². The van der Waals surface area contributed by atoms with E-state index in [1.165, 1.54) is 0 Å². The van der Waals surface area contributed by atoms with Crippen molar-refractivity contribution in [3.05, 3.63) is 79.8 Å². The zero-order valence-corrected chi connectivity index (χ0v) is 16.3. The van der Waals surface area contributed by atoms with Gasteiger partial charge < -0.3 is 5.32 Å². The Morgan fingerprint density at radius 3 is 2.42 bits per heavy atom. The Morgan fingerprint density at radius 2 is 1.75 bits per heavy atom. The highest BCUT2D eigenvalue weighted by molar-refractivity contribution is 9.10. The summed E-state index contributed by atoms with van der Waals surface area (Å²) >= 11 is 12.7. The predicted octanol–water partition coefficient (Wildman–Crippen LogP) is 5.36. The van der Waals surface area contributed by atoms with Gasteiger partial charge in [0.05, 0.1) is 11.0 Å². The lowest BCUT2D eigenvalue weighted by Gasteiger charge is -2.04. The number of hydrogen-bond acceptors (Lipinski definition) is 2. The van der Waals surface area contributed by atoms with Crippen LogP contribution in [0.1, 0.15) is 15.9 Å². The van der Waals surface area contributed by atoms with Gasteiger partial charge >= 0.3 is 0 Å². The number of hydrogen-bond donors (Lipinski definition) is 1. The van der Waals surface area contributed by atoms with Gasteiger partial charge in [-0.05, 0) is 57.9 Å². The molecular formula is C17H12Br2ClN3O. The first kappa shape index (κ1) is 17.2. The average molecular weight is 470 g/mol. The Labute approximate surface area is 161 Å². The zero-order chi connectivity index (χ0) is 17.1.